The Balaban J connectivity index is 1.83. The Labute approximate surface area is 94.0 Å². The van der Waals surface area contributed by atoms with Gasteiger partial charge in [0.05, 0.1) is 6.61 Å². The molecule has 1 saturated heterocycles. The van der Waals surface area contributed by atoms with Crippen LogP contribution in [0.2, 0.25) is 0 Å². The summed E-state index contributed by atoms with van der Waals surface area (Å²) in [6, 6.07) is 0. The molecule has 0 radical (unpaired) electrons. The van der Waals surface area contributed by atoms with Gasteiger partial charge in [-0.3, -0.25) is 0 Å². The molecular formula is C12H26N2O. The van der Waals surface area contributed by atoms with Crippen LogP contribution in [0, 0.1) is 11.8 Å². The summed E-state index contributed by atoms with van der Waals surface area (Å²) >= 11 is 0. The topological polar surface area (TPSA) is 33.3 Å². The molecule has 0 saturated carbocycles. The SMILES string of the molecule is CC(C)CNCCNCC1CCCOC1. The van der Waals surface area contributed by atoms with Crippen LogP contribution in [0.3, 0.4) is 0 Å². The molecule has 1 fully saturated rings. The summed E-state index contributed by atoms with van der Waals surface area (Å²) in [6.45, 7) is 10.8. The van der Waals surface area contributed by atoms with E-state index in [1.807, 2.05) is 0 Å². The van der Waals surface area contributed by atoms with Gasteiger partial charge in [0.15, 0.2) is 0 Å². The number of ether oxygens (including phenoxy) is 1. The van der Waals surface area contributed by atoms with E-state index >= 15 is 0 Å². The number of hydrogen-bond acceptors (Lipinski definition) is 3. The van der Waals surface area contributed by atoms with E-state index in [0.717, 1.165) is 51.2 Å². The van der Waals surface area contributed by atoms with Crippen molar-refractivity contribution in [2.24, 2.45) is 11.8 Å². The Morgan fingerprint density at radius 3 is 2.73 bits per heavy atom. The summed E-state index contributed by atoms with van der Waals surface area (Å²) in [4.78, 5) is 0. The van der Waals surface area contributed by atoms with Gasteiger partial charge in [-0.15, -0.1) is 0 Å². The third-order valence-corrected chi connectivity index (χ3v) is 2.72. The van der Waals surface area contributed by atoms with Crippen LogP contribution in [-0.4, -0.2) is 39.4 Å². The van der Waals surface area contributed by atoms with Gasteiger partial charge in [0.25, 0.3) is 0 Å². The second kappa shape index (κ2) is 8.08. The third-order valence-electron chi connectivity index (χ3n) is 2.72. The highest BCUT2D eigenvalue weighted by molar-refractivity contribution is 4.66. The lowest BCUT2D eigenvalue weighted by atomic mass is 10.0. The fourth-order valence-corrected chi connectivity index (χ4v) is 1.84. The van der Waals surface area contributed by atoms with Crippen molar-refractivity contribution in [3.8, 4) is 0 Å². The van der Waals surface area contributed by atoms with Crippen LogP contribution in [0.15, 0.2) is 0 Å². The Hall–Kier alpha value is -0.120. The largest absolute Gasteiger partial charge is 0.381 e. The van der Waals surface area contributed by atoms with E-state index in [9.17, 15) is 0 Å². The van der Waals surface area contributed by atoms with Crippen molar-refractivity contribution in [2.75, 3.05) is 39.4 Å². The van der Waals surface area contributed by atoms with Crippen molar-refractivity contribution < 1.29 is 4.74 Å². The Morgan fingerprint density at radius 1 is 1.27 bits per heavy atom. The molecule has 15 heavy (non-hydrogen) atoms. The summed E-state index contributed by atoms with van der Waals surface area (Å²) in [5.41, 5.74) is 0. The molecule has 3 heteroatoms. The maximum atomic E-state index is 5.44. The minimum absolute atomic E-state index is 0.740. The molecule has 0 aromatic carbocycles. The normalized spacial score (nSPS) is 22.2. The van der Waals surface area contributed by atoms with Crippen LogP contribution in [0.25, 0.3) is 0 Å². The van der Waals surface area contributed by atoms with Crippen LogP contribution in [-0.2, 0) is 4.74 Å². The van der Waals surface area contributed by atoms with E-state index in [1.165, 1.54) is 12.8 Å². The molecule has 0 spiro atoms. The highest BCUT2D eigenvalue weighted by Gasteiger charge is 2.12. The molecule has 1 unspecified atom stereocenters. The lowest BCUT2D eigenvalue weighted by molar-refractivity contribution is 0.0549. The first-order chi connectivity index (χ1) is 7.29. The van der Waals surface area contributed by atoms with Gasteiger partial charge in [-0.2, -0.15) is 0 Å². The molecule has 1 atom stereocenters. The first kappa shape index (κ1) is 12.9. The van der Waals surface area contributed by atoms with Crippen LogP contribution >= 0.6 is 0 Å². The van der Waals surface area contributed by atoms with Crippen molar-refractivity contribution in [3.63, 3.8) is 0 Å². The minimum atomic E-state index is 0.740. The predicted molar refractivity (Wildman–Crippen MR) is 64.1 cm³/mol. The summed E-state index contributed by atoms with van der Waals surface area (Å²) in [7, 11) is 0. The smallest absolute Gasteiger partial charge is 0.0506 e. The second-order valence-electron chi connectivity index (χ2n) is 4.89. The monoisotopic (exact) mass is 214 g/mol. The number of hydrogen-bond donors (Lipinski definition) is 2. The van der Waals surface area contributed by atoms with Crippen molar-refractivity contribution in [1.82, 2.24) is 10.6 Å². The zero-order valence-electron chi connectivity index (χ0n) is 10.2. The van der Waals surface area contributed by atoms with Crippen molar-refractivity contribution >= 4 is 0 Å². The van der Waals surface area contributed by atoms with Gasteiger partial charge < -0.3 is 15.4 Å². The third kappa shape index (κ3) is 6.88. The highest BCUT2D eigenvalue weighted by Crippen LogP contribution is 2.11. The molecule has 0 aliphatic carbocycles. The van der Waals surface area contributed by atoms with Crippen molar-refractivity contribution in [3.05, 3.63) is 0 Å². The molecule has 1 aliphatic heterocycles. The van der Waals surface area contributed by atoms with Crippen LogP contribution in [0.1, 0.15) is 26.7 Å². The highest BCUT2D eigenvalue weighted by atomic mass is 16.5. The molecule has 0 aromatic rings. The Morgan fingerprint density at radius 2 is 2.07 bits per heavy atom. The Bertz CT molecular complexity index is 145. The molecule has 90 valence electrons. The lowest BCUT2D eigenvalue weighted by Crippen LogP contribution is -2.34. The summed E-state index contributed by atoms with van der Waals surface area (Å²) in [5, 5.41) is 6.92. The van der Waals surface area contributed by atoms with Crippen LogP contribution in [0.5, 0.6) is 0 Å². The molecule has 1 heterocycles. The molecule has 0 bridgehead atoms. The number of nitrogens with one attached hydrogen (secondary N) is 2. The van der Waals surface area contributed by atoms with Gasteiger partial charge in [-0.1, -0.05) is 13.8 Å². The number of rotatable bonds is 7. The van der Waals surface area contributed by atoms with E-state index in [-0.39, 0.29) is 0 Å². The van der Waals surface area contributed by atoms with E-state index in [4.69, 9.17) is 4.74 Å². The molecule has 0 amide bonds. The fourth-order valence-electron chi connectivity index (χ4n) is 1.84. The molecule has 0 aromatic heterocycles. The van der Waals surface area contributed by atoms with E-state index in [1.54, 1.807) is 0 Å². The van der Waals surface area contributed by atoms with Crippen LogP contribution < -0.4 is 10.6 Å². The van der Waals surface area contributed by atoms with E-state index in [2.05, 4.69) is 24.5 Å². The zero-order valence-corrected chi connectivity index (χ0v) is 10.2. The summed E-state index contributed by atoms with van der Waals surface area (Å²) in [6.07, 6.45) is 2.56. The lowest BCUT2D eigenvalue weighted by Gasteiger charge is -2.22. The average molecular weight is 214 g/mol. The fraction of sp³-hybridized carbons (Fsp3) is 1.00. The first-order valence-electron chi connectivity index (χ1n) is 6.28. The van der Waals surface area contributed by atoms with E-state index < -0.39 is 0 Å². The maximum absolute atomic E-state index is 5.44. The summed E-state index contributed by atoms with van der Waals surface area (Å²) in [5.74, 6) is 1.49. The predicted octanol–water partition coefficient (Wildman–Crippen LogP) is 1.25. The molecule has 2 N–H and O–H groups in total. The first-order valence-corrected chi connectivity index (χ1v) is 6.28. The molecule has 1 rings (SSSR count). The van der Waals surface area contributed by atoms with Gasteiger partial charge in [0, 0.05) is 26.2 Å². The minimum Gasteiger partial charge on any atom is -0.381 e. The quantitative estimate of drug-likeness (QED) is 0.626. The van der Waals surface area contributed by atoms with Crippen molar-refractivity contribution in [1.29, 1.82) is 0 Å². The van der Waals surface area contributed by atoms with E-state index in [0.29, 0.717) is 0 Å². The van der Waals surface area contributed by atoms with Gasteiger partial charge in [-0.25, -0.2) is 0 Å². The van der Waals surface area contributed by atoms with Crippen LogP contribution in [0.4, 0.5) is 0 Å². The van der Waals surface area contributed by atoms with Crippen molar-refractivity contribution in [2.45, 2.75) is 26.7 Å². The standard InChI is InChI=1S/C12H26N2O/c1-11(2)8-13-5-6-14-9-12-4-3-7-15-10-12/h11-14H,3-10H2,1-2H3. The Kier molecular flexibility index (Phi) is 6.98. The zero-order chi connectivity index (χ0) is 10.9. The molecule has 3 nitrogen and oxygen atoms in total. The van der Waals surface area contributed by atoms with Gasteiger partial charge >= 0.3 is 0 Å². The second-order valence-corrected chi connectivity index (χ2v) is 4.89. The van der Waals surface area contributed by atoms with Gasteiger partial charge in [0.2, 0.25) is 0 Å². The summed E-state index contributed by atoms with van der Waals surface area (Å²) < 4.78 is 5.44. The maximum Gasteiger partial charge on any atom is 0.0506 e. The molecular weight excluding hydrogens is 188 g/mol. The van der Waals surface area contributed by atoms with Gasteiger partial charge in [0.1, 0.15) is 0 Å². The van der Waals surface area contributed by atoms with Gasteiger partial charge in [-0.05, 0) is 31.2 Å². The molecule has 1 aliphatic rings. The average Bonchev–Trinajstić information content (AvgIpc) is 2.24.